The number of hydrogen-bond donors (Lipinski definition) is 1. The van der Waals surface area contributed by atoms with E-state index in [-0.39, 0.29) is 0 Å². The molecule has 0 radical (unpaired) electrons. The van der Waals surface area contributed by atoms with Crippen molar-refractivity contribution >= 4 is 22.5 Å². The fourth-order valence-electron chi connectivity index (χ4n) is 2.04. The predicted molar refractivity (Wildman–Crippen MR) is 80.5 cm³/mol. The minimum absolute atomic E-state index is 0.303. The highest BCUT2D eigenvalue weighted by atomic mass is 32.2. The van der Waals surface area contributed by atoms with Crippen LogP contribution in [0.15, 0.2) is 64.5 Å². The summed E-state index contributed by atoms with van der Waals surface area (Å²) in [7, 11) is 1.60. The van der Waals surface area contributed by atoms with Crippen LogP contribution in [0.4, 0.5) is 0 Å². The van der Waals surface area contributed by atoms with E-state index in [2.05, 4.69) is 4.98 Å². The molecule has 0 amide bonds. The van der Waals surface area contributed by atoms with E-state index in [0.29, 0.717) is 11.6 Å². The van der Waals surface area contributed by atoms with Crippen molar-refractivity contribution in [3.8, 4) is 11.6 Å². The van der Waals surface area contributed by atoms with Gasteiger partial charge in [-0.25, -0.2) is 4.98 Å². The maximum atomic E-state index is 9.90. The number of phenolic OH excluding ortho intramolecular Hbond substituents is 1. The number of nitrogens with zero attached hydrogens (tertiary/aromatic N) is 1. The Morgan fingerprint density at radius 2 is 1.85 bits per heavy atom. The zero-order valence-electron chi connectivity index (χ0n) is 10.9. The molecule has 2 aromatic carbocycles. The number of aromatic hydroxyl groups is 1. The number of methoxy groups -OCH3 is 1. The van der Waals surface area contributed by atoms with Crippen LogP contribution in [-0.2, 0) is 0 Å². The molecule has 1 heterocycles. The second-order valence-corrected chi connectivity index (χ2v) is 5.38. The van der Waals surface area contributed by atoms with Gasteiger partial charge in [-0.1, -0.05) is 36.0 Å². The molecule has 0 atom stereocenters. The molecule has 1 aromatic heterocycles. The number of hydrogen-bond acceptors (Lipinski definition) is 4. The van der Waals surface area contributed by atoms with E-state index in [1.807, 2.05) is 42.5 Å². The average molecular weight is 283 g/mol. The molecule has 0 spiro atoms. The minimum atomic E-state index is 0.303. The van der Waals surface area contributed by atoms with Crippen molar-refractivity contribution in [2.45, 2.75) is 9.79 Å². The SMILES string of the molecule is COc1cc(Sc2ccc(O)c3ccccc23)ccn1. The lowest BCUT2D eigenvalue weighted by molar-refractivity contribution is 0.396. The fourth-order valence-corrected chi connectivity index (χ4v) is 3.00. The summed E-state index contributed by atoms with van der Waals surface area (Å²) in [5, 5.41) is 11.8. The van der Waals surface area contributed by atoms with E-state index >= 15 is 0 Å². The number of pyridine rings is 1. The molecule has 4 heteroatoms. The molecule has 0 saturated heterocycles. The Balaban J connectivity index is 2.04. The fraction of sp³-hybridized carbons (Fsp3) is 0.0625. The predicted octanol–water partition coefficient (Wildman–Crippen LogP) is 4.10. The molecular weight excluding hydrogens is 270 g/mol. The number of aromatic nitrogens is 1. The third kappa shape index (κ3) is 2.42. The Labute approximate surface area is 121 Å². The monoisotopic (exact) mass is 283 g/mol. The number of ether oxygens (including phenoxy) is 1. The van der Waals surface area contributed by atoms with Crippen molar-refractivity contribution in [3.05, 3.63) is 54.7 Å². The Bertz CT molecular complexity index is 758. The van der Waals surface area contributed by atoms with Crippen molar-refractivity contribution in [2.24, 2.45) is 0 Å². The largest absolute Gasteiger partial charge is 0.507 e. The highest BCUT2D eigenvalue weighted by Crippen LogP contribution is 2.37. The molecule has 0 unspecified atom stereocenters. The van der Waals surface area contributed by atoms with Crippen LogP contribution in [0.5, 0.6) is 11.6 Å². The minimum Gasteiger partial charge on any atom is -0.507 e. The number of benzene rings is 2. The molecule has 0 aliphatic rings. The van der Waals surface area contributed by atoms with Crippen molar-refractivity contribution in [1.82, 2.24) is 4.98 Å². The van der Waals surface area contributed by atoms with Crippen molar-refractivity contribution in [1.29, 1.82) is 0 Å². The van der Waals surface area contributed by atoms with Gasteiger partial charge >= 0.3 is 0 Å². The Morgan fingerprint density at radius 1 is 1.05 bits per heavy atom. The van der Waals surface area contributed by atoms with E-state index in [4.69, 9.17) is 4.74 Å². The number of phenols is 1. The first-order chi connectivity index (χ1) is 9.78. The van der Waals surface area contributed by atoms with Crippen LogP contribution in [0, 0.1) is 0 Å². The summed E-state index contributed by atoms with van der Waals surface area (Å²) in [6, 6.07) is 15.3. The molecule has 3 rings (SSSR count). The smallest absolute Gasteiger partial charge is 0.214 e. The molecule has 0 saturated carbocycles. The first-order valence-corrected chi connectivity index (χ1v) is 6.98. The summed E-state index contributed by atoms with van der Waals surface area (Å²) >= 11 is 1.62. The van der Waals surface area contributed by atoms with Crippen LogP contribution in [0.3, 0.4) is 0 Å². The maximum Gasteiger partial charge on any atom is 0.214 e. The molecule has 0 fully saturated rings. The molecule has 1 N–H and O–H groups in total. The van der Waals surface area contributed by atoms with Gasteiger partial charge in [0.2, 0.25) is 5.88 Å². The Hall–Kier alpha value is -2.20. The number of rotatable bonds is 3. The first kappa shape index (κ1) is 12.8. The lowest BCUT2D eigenvalue weighted by Crippen LogP contribution is -1.86. The van der Waals surface area contributed by atoms with Gasteiger partial charge in [0.1, 0.15) is 5.75 Å². The molecule has 3 aromatic rings. The normalized spacial score (nSPS) is 10.7. The summed E-state index contributed by atoms with van der Waals surface area (Å²) < 4.78 is 5.13. The van der Waals surface area contributed by atoms with Gasteiger partial charge in [0, 0.05) is 27.4 Å². The van der Waals surface area contributed by atoms with Gasteiger partial charge in [0.05, 0.1) is 7.11 Å². The molecule has 0 aliphatic heterocycles. The molecule has 0 aliphatic carbocycles. The van der Waals surface area contributed by atoms with Crippen molar-refractivity contribution in [3.63, 3.8) is 0 Å². The Kier molecular flexibility index (Phi) is 3.48. The highest BCUT2D eigenvalue weighted by Gasteiger charge is 2.07. The highest BCUT2D eigenvalue weighted by molar-refractivity contribution is 7.99. The lowest BCUT2D eigenvalue weighted by Gasteiger charge is -2.08. The summed E-state index contributed by atoms with van der Waals surface area (Å²) in [5.74, 6) is 0.898. The van der Waals surface area contributed by atoms with Crippen molar-refractivity contribution in [2.75, 3.05) is 7.11 Å². The first-order valence-electron chi connectivity index (χ1n) is 6.16. The van der Waals surface area contributed by atoms with Crippen LogP contribution < -0.4 is 4.74 Å². The molecule has 100 valence electrons. The maximum absolute atomic E-state index is 9.90. The van der Waals surface area contributed by atoms with E-state index in [1.165, 1.54) is 0 Å². The zero-order chi connectivity index (χ0) is 13.9. The zero-order valence-corrected chi connectivity index (χ0v) is 11.7. The molecule has 3 nitrogen and oxygen atoms in total. The van der Waals surface area contributed by atoms with E-state index < -0.39 is 0 Å². The molecule has 0 bridgehead atoms. The molecular formula is C16H13NO2S. The standard InChI is InChI=1S/C16H13NO2S/c1-19-16-10-11(8-9-17-16)20-15-7-6-14(18)12-4-2-3-5-13(12)15/h2-10,18H,1H3. The van der Waals surface area contributed by atoms with Gasteiger partial charge in [-0.3, -0.25) is 0 Å². The van der Waals surface area contributed by atoms with Crippen LogP contribution in [-0.4, -0.2) is 17.2 Å². The third-order valence-corrected chi connectivity index (χ3v) is 4.07. The van der Waals surface area contributed by atoms with Crippen LogP contribution in [0.25, 0.3) is 10.8 Å². The van der Waals surface area contributed by atoms with Crippen molar-refractivity contribution < 1.29 is 9.84 Å². The summed E-state index contributed by atoms with van der Waals surface area (Å²) in [5.41, 5.74) is 0. The second kappa shape index (κ2) is 5.43. The van der Waals surface area contributed by atoms with E-state index in [9.17, 15) is 5.11 Å². The summed E-state index contributed by atoms with van der Waals surface area (Å²) in [4.78, 5) is 6.24. The van der Waals surface area contributed by atoms with Gasteiger partial charge in [0.15, 0.2) is 0 Å². The summed E-state index contributed by atoms with van der Waals surface area (Å²) in [6.45, 7) is 0. The topological polar surface area (TPSA) is 42.4 Å². The third-order valence-electron chi connectivity index (χ3n) is 3.00. The van der Waals surface area contributed by atoms with E-state index in [0.717, 1.165) is 20.6 Å². The average Bonchev–Trinajstić information content (AvgIpc) is 2.51. The van der Waals surface area contributed by atoms with Gasteiger partial charge < -0.3 is 9.84 Å². The van der Waals surface area contributed by atoms with Crippen LogP contribution >= 0.6 is 11.8 Å². The lowest BCUT2D eigenvalue weighted by atomic mass is 10.1. The van der Waals surface area contributed by atoms with Crippen LogP contribution in [0.2, 0.25) is 0 Å². The number of fused-ring (bicyclic) bond motifs is 1. The second-order valence-electron chi connectivity index (χ2n) is 4.26. The van der Waals surface area contributed by atoms with Gasteiger partial charge in [-0.2, -0.15) is 0 Å². The summed E-state index contributed by atoms with van der Waals surface area (Å²) in [6.07, 6.45) is 1.73. The van der Waals surface area contributed by atoms with E-state index in [1.54, 1.807) is 31.1 Å². The van der Waals surface area contributed by atoms with Gasteiger partial charge in [0.25, 0.3) is 0 Å². The van der Waals surface area contributed by atoms with Gasteiger partial charge in [-0.15, -0.1) is 0 Å². The van der Waals surface area contributed by atoms with Gasteiger partial charge in [-0.05, 0) is 23.6 Å². The van der Waals surface area contributed by atoms with Crippen LogP contribution in [0.1, 0.15) is 0 Å². The molecule has 20 heavy (non-hydrogen) atoms. The quantitative estimate of drug-likeness (QED) is 0.786. The Morgan fingerprint density at radius 3 is 2.65 bits per heavy atom.